The molecule has 0 saturated heterocycles. The summed E-state index contributed by atoms with van der Waals surface area (Å²) in [5, 5.41) is 5.65. The normalized spacial score (nSPS) is 12.4. The lowest BCUT2D eigenvalue weighted by atomic mass is 10.2. The Kier molecular flexibility index (Phi) is 5.93. The molecule has 5 heteroatoms. The van der Waals surface area contributed by atoms with Crippen LogP contribution in [0.5, 0.6) is 0 Å². The summed E-state index contributed by atoms with van der Waals surface area (Å²) in [7, 11) is 2.12. The Balaban J connectivity index is 2.24. The van der Waals surface area contributed by atoms with E-state index in [1.54, 1.807) is 0 Å². The van der Waals surface area contributed by atoms with Crippen molar-refractivity contribution in [2.75, 3.05) is 20.1 Å². The van der Waals surface area contributed by atoms with Crippen LogP contribution in [0.2, 0.25) is 0 Å². The molecular weight excluding hydrogens is 220 g/mol. The van der Waals surface area contributed by atoms with Gasteiger partial charge in [0.15, 0.2) is 0 Å². The van der Waals surface area contributed by atoms with Crippen molar-refractivity contribution < 1.29 is 0 Å². The average molecular weight is 238 g/mol. The third-order valence-electron chi connectivity index (χ3n) is 2.66. The van der Waals surface area contributed by atoms with Crippen molar-refractivity contribution in [2.45, 2.75) is 25.8 Å². The first-order valence-corrected chi connectivity index (χ1v) is 6.35. The number of azide groups is 1. The third kappa shape index (κ3) is 4.66. The minimum atomic E-state index is 0.532. The quantitative estimate of drug-likeness (QED) is 0.311. The first-order chi connectivity index (χ1) is 7.74. The molecule has 1 atom stereocenters. The fourth-order valence-corrected chi connectivity index (χ4v) is 2.36. The van der Waals surface area contributed by atoms with Crippen molar-refractivity contribution in [2.24, 2.45) is 5.11 Å². The minimum absolute atomic E-state index is 0.532. The van der Waals surface area contributed by atoms with E-state index in [2.05, 4.69) is 46.4 Å². The summed E-state index contributed by atoms with van der Waals surface area (Å²) in [5.41, 5.74) is 8.16. The first kappa shape index (κ1) is 13.0. The third-order valence-corrected chi connectivity index (χ3v) is 3.56. The highest BCUT2D eigenvalue weighted by molar-refractivity contribution is 7.09. The summed E-state index contributed by atoms with van der Waals surface area (Å²) in [6, 6.07) is 4.80. The van der Waals surface area contributed by atoms with Gasteiger partial charge >= 0.3 is 0 Å². The van der Waals surface area contributed by atoms with E-state index >= 15 is 0 Å². The van der Waals surface area contributed by atoms with Crippen molar-refractivity contribution >= 4 is 11.3 Å². The zero-order valence-electron chi connectivity index (χ0n) is 9.83. The number of nitrogens with zero attached hydrogens (tertiary/aromatic N) is 4. The van der Waals surface area contributed by atoms with Crippen LogP contribution in [0.25, 0.3) is 10.4 Å². The summed E-state index contributed by atoms with van der Waals surface area (Å²) >= 11 is 1.81. The van der Waals surface area contributed by atoms with Gasteiger partial charge in [0.05, 0.1) is 0 Å². The van der Waals surface area contributed by atoms with Gasteiger partial charge in [0.1, 0.15) is 0 Å². The predicted octanol–water partition coefficient (Wildman–Crippen LogP) is 3.31. The molecule has 16 heavy (non-hydrogen) atoms. The van der Waals surface area contributed by atoms with Crippen LogP contribution in [0.3, 0.4) is 0 Å². The highest BCUT2D eigenvalue weighted by atomic mass is 32.1. The highest BCUT2D eigenvalue weighted by Crippen LogP contribution is 2.13. The van der Waals surface area contributed by atoms with Gasteiger partial charge in [-0.1, -0.05) is 11.2 Å². The van der Waals surface area contributed by atoms with Crippen molar-refractivity contribution in [1.82, 2.24) is 4.90 Å². The molecule has 0 aliphatic heterocycles. The van der Waals surface area contributed by atoms with Crippen LogP contribution in [0, 0.1) is 0 Å². The van der Waals surface area contributed by atoms with E-state index in [0.29, 0.717) is 12.6 Å². The lowest BCUT2D eigenvalue weighted by Gasteiger charge is -2.23. The molecule has 0 N–H and O–H groups in total. The Bertz CT molecular complexity index is 330. The van der Waals surface area contributed by atoms with E-state index in [1.807, 2.05) is 11.3 Å². The zero-order chi connectivity index (χ0) is 11.8. The maximum absolute atomic E-state index is 8.16. The maximum atomic E-state index is 8.16. The monoisotopic (exact) mass is 238 g/mol. The van der Waals surface area contributed by atoms with E-state index in [9.17, 15) is 0 Å². The summed E-state index contributed by atoms with van der Waals surface area (Å²) < 4.78 is 0. The van der Waals surface area contributed by atoms with Crippen LogP contribution in [0.1, 0.15) is 18.2 Å². The highest BCUT2D eigenvalue weighted by Gasteiger charge is 2.09. The fraction of sp³-hybridized carbons (Fsp3) is 0.636. The predicted molar refractivity (Wildman–Crippen MR) is 68.7 cm³/mol. The van der Waals surface area contributed by atoms with E-state index in [4.69, 9.17) is 5.53 Å². The molecule has 0 bridgehead atoms. The molecule has 4 nitrogen and oxygen atoms in total. The van der Waals surface area contributed by atoms with Crippen molar-refractivity contribution in [3.05, 3.63) is 32.8 Å². The van der Waals surface area contributed by atoms with Crippen LogP contribution < -0.4 is 0 Å². The molecule has 1 aromatic rings. The van der Waals surface area contributed by atoms with Crippen molar-refractivity contribution in [3.63, 3.8) is 0 Å². The molecule has 0 aliphatic rings. The largest absolute Gasteiger partial charge is 0.303 e. The van der Waals surface area contributed by atoms with E-state index in [0.717, 1.165) is 19.4 Å². The Morgan fingerprint density at radius 2 is 2.44 bits per heavy atom. The Labute approximate surface area is 101 Å². The van der Waals surface area contributed by atoms with Crippen LogP contribution in [-0.2, 0) is 6.42 Å². The Morgan fingerprint density at radius 3 is 3.06 bits per heavy atom. The molecule has 1 aromatic heterocycles. The lowest BCUT2D eigenvalue weighted by Crippen LogP contribution is -2.31. The van der Waals surface area contributed by atoms with Crippen LogP contribution in [0.15, 0.2) is 22.6 Å². The molecule has 0 aromatic carbocycles. The molecule has 88 valence electrons. The number of hydrogen-bond donors (Lipinski definition) is 0. The van der Waals surface area contributed by atoms with Crippen LogP contribution in [0.4, 0.5) is 0 Å². The van der Waals surface area contributed by atoms with E-state index in [1.165, 1.54) is 4.88 Å². The molecule has 1 unspecified atom stereocenters. The average Bonchev–Trinajstić information content (AvgIpc) is 2.76. The second-order valence-corrected chi connectivity index (χ2v) is 4.95. The number of thiophene rings is 1. The number of rotatable bonds is 7. The van der Waals surface area contributed by atoms with Crippen LogP contribution in [-0.4, -0.2) is 31.1 Å². The minimum Gasteiger partial charge on any atom is -0.303 e. The Morgan fingerprint density at radius 1 is 1.62 bits per heavy atom. The molecule has 0 saturated carbocycles. The van der Waals surface area contributed by atoms with E-state index in [-0.39, 0.29) is 0 Å². The van der Waals surface area contributed by atoms with Crippen molar-refractivity contribution in [3.8, 4) is 0 Å². The van der Waals surface area contributed by atoms with E-state index < -0.39 is 0 Å². The topological polar surface area (TPSA) is 52.0 Å². The SMILES string of the molecule is CC(Cc1cccs1)N(C)CCCN=[N+]=[N-]. The second-order valence-electron chi connectivity index (χ2n) is 3.92. The van der Waals surface area contributed by atoms with Gasteiger partial charge in [-0.3, -0.25) is 0 Å². The van der Waals surface area contributed by atoms with Gasteiger partial charge in [0.25, 0.3) is 0 Å². The lowest BCUT2D eigenvalue weighted by molar-refractivity contribution is 0.255. The molecule has 0 fully saturated rings. The number of hydrogen-bond acceptors (Lipinski definition) is 3. The maximum Gasteiger partial charge on any atom is 0.0270 e. The standard InChI is InChI=1S/C11H18N4S/c1-10(9-11-5-3-8-16-11)15(2)7-4-6-13-14-12/h3,5,8,10H,4,6-7,9H2,1-2H3. The van der Waals surface area contributed by atoms with Crippen LogP contribution >= 0.6 is 11.3 Å². The van der Waals surface area contributed by atoms with Gasteiger partial charge in [-0.2, -0.15) is 0 Å². The molecule has 1 rings (SSSR count). The van der Waals surface area contributed by atoms with Gasteiger partial charge in [-0.15, -0.1) is 11.3 Å². The molecule has 0 aliphatic carbocycles. The smallest absolute Gasteiger partial charge is 0.0270 e. The zero-order valence-corrected chi connectivity index (χ0v) is 10.7. The summed E-state index contributed by atoms with van der Waals surface area (Å²) in [6.45, 7) is 3.80. The molecular formula is C11H18N4S. The summed E-state index contributed by atoms with van der Waals surface area (Å²) in [4.78, 5) is 6.48. The van der Waals surface area contributed by atoms with Gasteiger partial charge in [0, 0.05) is 22.4 Å². The van der Waals surface area contributed by atoms with Gasteiger partial charge in [0.2, 0.25) is 0 Å². The van der Waals surface area contributed by atoms with Crippen molar-refractivity contribution in [1.29, 1.82) is 0 Å². The molecule has 0 radical (unpaired) electrons. The molecule has 1 heterocycles. The fourth-order valence-electron chi connectivity index (χ4n) is 1.53. The summed E-state index contributed by atoms with van der Waals surface area (Å²) in [5.74, 6) is 0. The second kappa shape index (κ2) is 7.28. The molecule has 0 amide bonds. The van der Waals surface area contributed by atoms with Gasteiger partial charge in [-0.05, 0) is 50.3 Å². The van der Waals surface area contributed by atoms with Gasteiger partial charge < -0.3 is 4.90 Å². The Hall–Kier alpha value is -1.03. The first-order valence-electron chi connectivity index (χ1n) is 5.47. The van der Waals surface area contributed by atoms with Gasteiger partial charge in [-0.25, -0.2) is 0 Å². The summed E-state index contributed by atoms with van der Waals surface area (Å²) in [6.07, 6.45) is 2.02. The number of likely N-dealkylation sites (N-methyl/N-ethyl adjacent to an activating group) is 1. The molecule has 0 spiro atoms.